The molecule has 138 valence electrons. The van der Waals surface area contributed by atoms with Crippen molar-refractivity contribution in [1.29, 1.82) is 0 Å². The molecule has 0 saturated heterocycles. The van der Waals surface area contributed by atoms with Crippen LogP contribution >= 0.6 is 0 Å². The van der Waals surface area contributed by atoms with Crippen LogP contribution in [-0.4, -0.2) is 33.1 Å². The Balaban J connectivity index is 2.39. The molecule has 9 nitrogen and oxygen atoms in total. The molecule has 3 rings (SSSR count). The van der Waals surface area contributed by atoms with E-state index in [2.05, 4.69) is 10.1 Å². The highest BCUT2D eigenvalue weighted by atomic mass is 19.1. The first kappa shape index (κ1) is 18.0. The maximum absolute atomic E-state index is 14.1. The maximum atomic E-state index is 14.1. The predicted octanol–water partition coefficient (Wildman–Crippen LogP) is 3.04. The number of aryl methyl sites for hydroxylation is 1. The van der Waals surface area contributed by atoms with Crippen LogP contribution in [0.5, 0.6) is 11.5 Å². The van der Waals surface area contributed by atoms with Gasteiger partial charge in [0.2, 0.25) is 23.2 Å². The molecule has 0 fully saturated rings. The van der Waals surface area contributed by atoms with Gasteiger partial charge < -0.3 is 14.4 Å². The molecule has 0 bridgehead atoms. The lowest BCUT2D eigenvalue weighted by molar-refractivity contribution is -0.386. The molecular weight excluding hydrogens is 361 g/mol. The van der Waals surface area contributed by atoms with E-state index in [1.807, 2.05) is 0 Å². The van der Waals surface area contributed by atoms with Crippen molar-refractivity contribution < 1.29 is 28.5 Å². The number of nitro groups is 1. The predicted molar refractivity (Wildman–Crippen MR) is 89.2 cm³/mol. The van der Waals surface area contributed by atoms with Gasteiger partial charge in [-0.25, -0.2) is 4.39 Å². The van der Waals surface area contributed by atoms with E-state index in [-0.39, 0.29) is 23.0 Å². The second kappa shape index (κ2) is 6.83. The molecule has 0 aliphatic heterocycles. The average Bonchev–Trinajstić information content (AvgIpc) is 3.07. The summed E-state index contributed by atoms with van der Waals surface area (Å²) in [6.07, 6.45) is 0. The first-order valence-electron chi connectivity index (χ1n) is 7.53. The van der Waals surface area contributed by atoms with Gasteiger partial charge in [0.1, 0.15) is 11.4 Å². The quantitative estimate of drug-likeness (QED) is 0.410. The molecule has 0 amide bonds. The number of hydrogen-bond donors (Lipinski definition) is 1. The standard InChI is InChI=1S/C17H12FN3O6/c1-8-19-17(20-27-8)10-7-12(26-2)16(23)14(21(24)25)13(10)15(22)9-5-3-4-6-11(9)18/h3-7,23H,1-2H3. The number of nitro benzene ring substituents is 1. The van der Waals surface area contributed by atoms with Crippen LogP contribution < -0.4 is 4.74 Å². The minimum absolute atomic E-state index is 0.138. The number of carbonyl (C=O) groups is 1. The van der Waals surface area contributed by atoms with E-state index in [1.165, 1.54) is 32.2 Å². The number of phenolic OH excluding ortho intramolecular Hbond substituents is 1. The Morgan fingerprint density at radius 3 is 2.63 bits per heavy atom. The third-order valence-corrected chi connectivity index (χ3v) is 3.76. The van der Waals surface area contributed by atoms with Crippen LogP contribution in [-0.2, 0) is 0 Å². The van der Waals surface area contributed by atoms with E-state index in [0.29, 0.717) is 0 Å². The SMILES string of the molecule is COc1cc(-c2noc(C)n2)c(C(=O)c2ccccc2F)c([N+](=O)[O-])c1O. The fourth-order valence-corrected chi connectivity index (χ4v) is 2.56. The van der Waals surface area contributed by atoms with Crippen LogP contribution in [0.25, 0.3) is 11.4 Å². The van der Waals surface area contributed by atoms with Crippen molar-refractivity contribution in [3.05, 3.63) is 63.3 Å². The zero-order valence-electron chi connectivity index (χ0n) is 14.1. The Bertz CT molecular complexity index is 1060. The molecule has 0 atom stereocenters. The molecule has 0 saturated carbocycles. The highest BCUT2D eigenvalue weighted by Crippen LogP contribution is 2.44. The van der Waals surface area contributed by atoms with Gasteiger partial charge in [0, 0.05) is 12.5 Å². The van der Waals surface area contributed by atoms with Crippen molar-refractivity contribution in [2.45, 2.75) is 6.92 Å². The number of phenols is 1. The summed E-state index contributed by atoms with van der Waals surface area (Å²) in [5.74, 6) is -3.04. The lowest BCUT2D eigenvalue weighted by Crippen LogP contribution is -2.11. The number of aromatic hydroxyl groups is 1. The molecule has 0 aliphatic rings. The Hall–Kier alpha value is -3.82. The molecule has 0 unspecified atom stereocenters. The second-order valence-corrected chi connectivity index (χ2v) is 5.40. The minimum Gasteiger partial charge on any atom is -0.499 e. The molecular formula is C17H12FN3O6. The zero-order chi connectivity index (χ0) is 19.7. The van der Waals surface area contributed by atoms with Gasteiger partial charge in [0.05, 0.1) is 17.6 Å². The van der Waals surface area contributed by atoms with Crippen molar-refractivity contribution in [2.75, 3.05) is 7.11 Å². The van der Waals surface area contributed by atoms with Gasteiger partial charge in [0.15, 0.2) is 5.75 Å². The first-order valence-corrected chi connectivity index (χ1v) is 7.53. The van der Waals surface area contributed by atoms with Crippen LogP contribution in [0.1, 0.15) is 21.8 Å². The monoisotopic (exact) mass is 373 g/mol. The van der Waals surface area contributed by atoms with Crippen LogP contribution in [0.15, 0.2) is 34.9 Å². The summed E-state index contributed by atoms with van der Waals surface area (Å²) in [6, 6.07) is 6.15. The molecule has 1 aromatic heterocycles. The summed E-state index contributed by atoms with van der Waals surface area (Å²) in [7, 11) is 1.18. The first-order chi connectivity index (χ1) is 12.8. The van der Waals surface area contributed by atoms with Crippen LogP contribution in [0.3, 0.4) is 0 Å². The van der Waals surface area contributed by atoms with Crippen molar-refractivity contribution >= 4 is 11.5 Å². The van der Waals surface area contributed by atoms with E-state index < -0.39 is 39.1 Å². The molecule has 27 heavy (non-hydrogen) atoms. The maximum Gasteiger partial charge on any atom is 0.326 e. The van der Waals surface area contributed by atoms with Crippen LogP contribution in [0.2, 0.25) is 0 Å². The Morgan fingerprint density at radius 1 is 1.37 bits per heavy atom. The fraction of sp³-hybridized carbons (Fsp3) is 0.118. The zero-order valence-corrected chi connectivity index (χ0v) is 14.1. The molecule has 1 N–H and O–H groups in total. The summed E-state index contributed by atoms with van der Waals surface area (Å²) >= 11 is 0. The molecule has 0 aliphatic carbocycles. The van der Waals surface area contributed by atoms with Gasteiger partial charge in [-0.2, -0.15) is 4.98 Å². The van der Waals surface area contributed by atoms with Gasteiger partial charge in [0.25, 0.3) is 0 Å². The van der Waals surface area contributed by atoms with E-state index >= 15 is 0 Å². The van der Waals surface area contributed by atoms with Crippen molar-refractivity contribution in [3.63, 3.8) is 0 Å². The lowest BCUT2D eigenvalue weighted by Gasteiger charge is -2.12. The third kappa shape index (κ3) is 3.08. The van der Waals surface area contributed by atoms with Gasteiger partial charge >= 0.3 is 5.69 Å². The topological polar surface area (TPSA) is 129 Å². The number of ether oxygens (including phenoxy) is 1. The molecule has 1 heterocycles. The summed E-state index contributed by atoms with van der Waals surface area (Å²) in [5, 5.41) is 25.5. The number of carbonyl (C=O) groups excluding carboxylic acids is 1. The van der Waals surface area contributed by atoms with Crippen LogP contribution in [0, 0.1) is 22.9 Å². The fourth-order valence-electron chi connectivity index (χ4n) is 2.56. The lowest BCUT2D eigenvalue weighted by atomic mass is 9.94. The van der Waals surface area contributed by atoms with E-state index in [1.54, 1.807) is 0 Å². The molecule has 0 spiro atoms. The summed E-state index contributed by atoms with van der Waals surface area (Å²) in [6.45, 7) is 1.49. The number of benzene rings is 2. The van der Waals surface area contributed by atoms with Crippen LogP contribution in [0.4, 0.5) is 10.1 Å². The summed E-state index contributed by atoms with van der Waals surface area (Å²) in [4.78, 5) is 27.6. The largest absolute Gasteiger partial charge is 0.499 e. The van der Waals surface area contributed by atoms with E-state index in [4.69, 9.17) is 9.26 Å². The Morgan fingerprint density at radius 2 is 2.07 bits per heavy atom. The van der Waals surface area contributed by atoms with Crippen molar-refractivity contribution in [3.8, 4) is 22.9 Å². The van der Waals surface area contributed by atoms with Gasteiger partial charge in [-0.1, -0.05) is 17.3 Å². The number of aromatic nitrogens is 2. The molecule has 0 radical (unpaired) electrons. The number of nitrogens with zero attached hydrogens (tertiary/aromatic N) is 3. The minimum atomic E-state index is -1.02. The highest BCUT2D eigenvalue weighted by Gasteiger charge is 2.35. The van der Waals surface area contributed by atoms with Gasteiger partial charge in [-0.3, -0.25) is 14.9 Å². The van der Waals surface area contributed by atoms with Crippen molar-refractivity contribution in [2.24, 2.45) is 0 Å². The van der Waals surface area contributed by atoms with Crippen molar-refractivity contribution in [1.82, 2.24) is 10.1 Å². The number of ketones is 1. The number of rotatable bonds is 5. The number of halogens is 1. The normalized spacial score (nSPS) is 10.6. The van der Waals surface area contributed by atoms with Gasteiger partial charge in [-0.05, 0) is 18.2 Å². The third-order valence-electron chi connectivity index (χ3n) is 3.76. The Labute approximate surface area is 151 Å². The van der Waals surface area contributed by atoms with E-state index in [0.717, 1.165) is 12.1 Å². The summed E-state index contributed by atoms with van der Waals surface area (Å²) < 4.78 is 23.9. The van der Waals surface area contributed by atoms with E-state index in [9.17, 15) is 24.4 Å². The highest BCUT2D eigenvalue weighted by molar-refractivity contribution is 6.16. The smallest absolute Gasteiger partial charge is 0.326 e. The number of hydrogen-bond acceptors (Lipinski definition) is 8. The van der Waals surface area contributed by atoms with Gasteiger partial charge in [-0.15, -0.1) is 0 Å². The average molecular weight is 373 g/mol. The molecule has 3 aromatic rings. The molecule has 2 aromatic carbocycles. The second-order valence-electron chi connectivity index (χ2n) is 5.40. The Kier molecular flexibility index (Phi) is 4.55. The number of methoxy groups -OCH3 is 1. The molecule has 10 heteroatoms. The summed E-state index contributed by atoms with van der Waals surface area (Å²) in [5.41, 5.74) is -2.07.